The van der Waals surface area contributed by atoms with Gasteiger partial charge in [-0.15, -0.1) is 0 Å². The number of hydrogen-bond donors (Lipinski definition) is 0. The molecule has 0 aliphatic heterocycles. The minimum absolute atomic E-state index is 0.294. The molecule has 1 aromatic heterocycles. The normalized spacial score (nSPS) is 10.3. The first-order valence-corrected chi connectivity index (χ1v) is 6.33. The molecule has 6 heteroatoms. The molecule has 1 aromatic carbocycles. The van der Waals surface area contributed by atoms with Crippen LogP contribution in [0.2, 0.25) is 0 Å². The molecule has 0 saturated heterocycles. The van der Waals surface area contributed by atoms with Crippen molar-refractivity contribution in [3.8, 4) is 17.0 Å². The summed E-state index contributed by atoms with van der Waals surface area (Å²) in [7, 11) is 4.51. The summed E-state index contributed by atoms with van der Waals surface area (Å²) in [5, 5.41) is 4.33. The first-order chi connectivity index (χ1) is 9.08. The van der Waals surface area contributed by atoms with Crippen LogP contribution in [-0.2, 0) is 11.8 Å². The van der Waals surface area contributed by atoms with Crippen LogP contribution in [0.1, 0.15) is 10.5 Å². The van der Waals surface area contributed by atoms with Gasteiger partial charge in [0, 0.05) is 17.1 Å². The van der Waals surface area contributed by atoms with E-state index in [0.29, 0.717) is 17.1 Å². The maximum atomic E-state index is 11.7. The average Bonchev–Trinajstić information content (AvgIpc) is 2.75. The van der Waals surface area contributed by atoms with Crippen molar-refractivity contribution in [3.05, 3.63) is 34.4 Å². The van der Waals surface area contributed by atoms with Crippen molar-refractivity contribution >= 4 is 21.9 Å². The minimum atomic E-state index is -0.477. The summed E-state index contributed by atoms with van der Waals surface area (Å²) in [6.45, 7) is 0. The van der Waals surface area contributed by atoms with Gasteiger partial charge < -0.3 is 9.47 Å². The number of nitrogens with zero attached hydrogens (tertiary/aromatic N) is 2. The van der Waals surface area contributed by atoms with Gasteiger partial charge >= 0.3 is 5.97 Å². The molecular weight excluding hydrogens is 312 g/mol. The smallest absolute Gasteiger partial charge is 0.360 e. The van der Waals surface area contributed by atoms with Gasteiger partial charge in [-0.1, -0.05) is 28.1 Å². The predicted octanol–water partition coefficient (Wildman–Crippen LogP) is 2.64. The topological polar surface area (TPSA) is 53.4 Å². The highest BCUT2D eigenvalue weighted by Gasteiger charge is 2.24. The summed E-state index contributed by atoms with van der Waals surface area (Å²) in [4.78, 5) is 11.7. The van der Waals surface area contributed by atoms with Crippen LogP contribution < -0.4 is 4.74 Å². The molecule has 0 unspecified atom stereocenters. The number of methoxy groups -OCH3 is 2. The molecule has 0 N–H and O–H groups in total. The lowest BCUT2D eigenvalue weighted by Gasteiger charge is -2.04. The van der Waals surface area contributed by atoms with Crippen molar-refractivity contribution in [2.75, 3.05) is 14.2 Å². The van der Waals surface area contributed by atoms with Gasteiger partial charge in [-0.05, 0) is 12.1 Å². The molecule has 1 heterocycles. The third-order valence-electron chi connectivity index (χ3n) is 2.70. The molecule has 0 aliphatic carbocycles. The van der Waals surface area contributed by atoms with E-state index in [-0.39, 0.29) is 0 Å². The molecule has 0 aliphatic rings. The van der Waals surface area contributed by atoms with E-state index >= 15 is 0 Å². The highest BCUT2D eigenvalue weighted by molar-refractivity contribution is 9.10. The Morgan fingerprint density at radius 3 is 2.42 bits per heavy atom. The molecule has 0 fully saturated rings. The Hall–Kier alpha value is -1.82. The van der Waals surface area contributed by atoms with Crippen LogP contribution in [0.15, 0.2) is 28.7 Å². The van der Waals surface area contributed by atoms with Crippen molar-refractivity contribution in [1.82, 2.24) is 9.78 Å². The maximum absolute atomic E-state index is 11.7. The van der Waals surface area contributed by atoms with E-state index < -0.39 is 5.97 Å². The zero-order valence-electron chi connectivity index (χ0n) is 10.8. The Labute approximate surface area is 119 Å². The van der Waals surface area contributed by atoms with Gasteiger partial charge in [-0.25, -0.2) is 4.79 Å². The molecule has 0 radical (unpaired) electrons. The number of aryl methyl sites for hydroxylation is 1. The van der Waals surface area contributed by atoms with E-state index in [1.165, 1.54) is 18.9 Å². The molecule has 5 nitrogen and oxygen atoms in total. The highest BCUT2D eigenvalue weighted by atomic mass is 79.9. The maximum Gasteiger partial charge on any atom is 0.360 e. The van der Waals surface area contributed by atoms with Crippen molar-refractivity contribution in [1.29, 1.82) is 0 Å². The summed E-state index contributed by atoms with van der Waals surface area (Å²) < 4.78 is 12.5. The summed E-state index contributed by atoms with van der Waals surface area (Å²) in [5.74, 6) is -0.0631. The Kier molecular flexibility index (Phi) is 3.90. The van der Waals surface area contributed by atoms with E-state index in [1.807, 2.05) is 24.3 Å². The highest BCUT2D eigenvalue weighted by Crippen LogP contribution is 2.33. The van der Waals surface area contributed by atoms with E-state index in [1.54, 1.807) is 7.05 Å². The van der Waals surface area contributed by atoms with E-state index in [2.05, 4.69) is 21.0 Å². The monoisotopic (exact) mass is 324 g/mol. The van der Waals surface area contributed by atoms with Crippen LogP contribution in [0.5, 0.6) is 5.75 Å². The van der Waals surface area contributed by atoms with Crippen LogP contribution in [-0.4, -0.2) is 30.0 Å². The zero-order chi connectivity index (χ0) is 14.0. The first kappa shape index (κ1) is 13.6. The summed E-state index contributed by atoms with van der Waals surface area (Å²) >= 11 is 3.38. The number of carbonyl (C=O) groups is 1. The standard InChI is InChI=1S/C13H13BrN2O3/c1-16-11(13(17)19-3)12(18-2)10(15-16)8-4-6-9(14)7-5-8/h4-7H,1-3H3. The Bertz CT molecular complexity index is 605. The van der Waals surface area contributed by atoms with Crippen LogP contribution in [0, 0.1) is 0 Å². The lowest BCUT2D eigenvalue weighted by molar-refractivity contribution is 0.0584. The molecule has 100 valence electrons. The first-order valence-electron chi connectivity index (χ1n) is 5.53. The van der Waals surface area contributed by atoms with Gasteiger partial charge in [0.15, 0.2) is 11.4 Å². The van der Waals surface area contributed by atoms with Crippen molar-refractivity contribution in [2.24, 2.45) is 7.05 Å². The van der Waals surface area contributed by atoms with Crippen LogP contribution in [0.25, 0.3) is 11.3 Å². The summed E-state index contributed by atoms with van der Waals surface area (Å²) in [6.07, 6.45) is 0. The molecule has 0 bridgehead atoms. The molecule has 0 spiro atoms. The lowest BCUT2D eigenvalue weighted by atomic mass is 10.1. The average molecular weight is 325 g/mol. The molecule has 19 heavy (non-hydrogen) atoms. The number of aromatic nitrogens is 2. The number of benzene rings is 1. The second-order valence-corrected chi connectivity index (χ2v) is 4.77. The van der Waals surface area contributed by atoms with Gasteiger partial charge in [0.05, 0.1) is 14.2 Å². The van der Waals surface area contributed by atoms with E-state index in [0.717, 1.165) is 10.0 Å². The summed E-state index contributed by atoms with van der Waals surface area (Å²) in [5.41, 5.74) is 1.77. The van der Waals surface area contributed by atoms with Gasteiger partial charge in [0.2, 0.25) is 0 Å². The van der Waals surface area contributed by atoms with Crippen molar-refractivity contribution in [2.45, 2.75) is 0 Å². The third kappa shape index (κ3) is 2.49. The Balaban J connectivity index is 2.58. The largest absolute Gasteiger partial charge is 0.492 e. The fourth-order valence-electron chi connectivity index (χ4n) is 1.82. The van der Waals surface area contributed by atoms with Crippen LogP contribution >= 0.6 is 15.9 Å². The van der Waals surface area contributed by atoms with Gasteiger partial charge in [-0.3, -0.25) is 4.68 Å². The van der Waals surface area contributed by atoms with Crippen LogP contribution in [0.4, 0.5) is 0 Å². The fraction of sp³-hybridized carbons (Fsp3) is 0.231. The molecule has 0 saturated carbocycles. The van der Waals surface area contributed by atoms with E-state index in [9.17, 15) is 4.79 Å². The number of esters is 1. The molecule has 2 aromatic rings. The SMILES string of the molecule is COC(=O)c1c(OC)c(-c2ccc(Br)cc2)nn1C. The van der Waals surface area contributed by atoms with Crippen molar-refractivity contribution in [3.63, 3.8) is 0 Å². The van der Waals surface area contributed by atoms with Crippen LogP contribution in [0.3, 0.4) is 0 Å². The van der Waals surface area contributed by atoms with Gasteiger partial charge in [0.25, 0.3) is 0 Å². The van der Waals surface area contributed by atoms with Gasteiger partial charge in [0.1, 0.15) is 5.69 Å². The number of halogens is 1. The Morgan fingerprint density at radius 2 is 1.89 bits per heavy atom. The number of ether oxygens (including phenoxy) is 2. The minimum Gasteiger partial charge on any atom is -0.492 e. The van der Waals surface area contributed by atoms with Crippen molar-refractivity contribution < 1.29 is 14.3 Å². The molecule has 2 rings (SSSR count). The van der Waals surface area contributed by atoms with E-state index in [4.69, 9.17) is 9.47 Å². The fourth-order valence-corrected chi connectivity index (χ4v) is 2.08. The number of carbonyl (C=O) groups excluding carboxylic acids is 1. The molecule has 0 atom stereocenters. The second kappa shape index (κ2) is 5.44. The summed E-state index contributed by atoms with van der Waals surface area (Å²) in [6, 6.07) is 7.61. The quantitative estimate of drug-likeness (QED) is 0.814. The Morgan fingerprint density at radius 1 is 1.26 bits per heavy atom. The zero-order valence-corrected chi connectivity index (χ0v) is 12.4. The lowest BCUT2D eigenvalue weighted by Crippen LogP contribution is -2.09. The third-order valence-corrected chi connectivity index (χ3v) is 3.23. The molecular formula is C13H13BrN2O3. The molecule has 0 amide bonds. The van der Waals surface area contributed by atoms with Gasteiger partial charge in [-0.2, -0.15) is 5.10 Å². The predicted molar refractivity (Wildman–Crippen MR) is 74.2 cm³/mol. The number of hydrogen-bond acceptors (Lipinski definition) is 4. The second-order valence-electron chi connectivity index (χ2n) is 3.85. The number of rotatable bonds is 3.